The minimum atomic E-state index is -0.168. The summed E-state index contributed by atoms with van der Waals surface area (Å²) in [5.74, 6) is -0.168. The molecule has 0 aromatic heterocycles. The van der Waals surface area contributed by atoms with Crippen molar-refractivity contribution in [3.63, 3.8) is 0 Å². The van der Waals surface area contributed by atoms with Crippen molar-refractivity contribution in [3.05, 3.63) is 34.1 Å². The zero-order valence-electron chi connectivity index (χ0n) is 10.5. The molecule has 2 rings (SSSR count). The predicted octanol–water partition coefficient (Wildman–Crippen LogP) is 2.01. The largest absolute Gasteiger partial charge is 0.374 e. The maximum Gasteiger partial charge on any atom is 0.128 e. The van der Waals surface area contributed by atoms with E-state index >= 15 is 0 Å². The van der Waals surface area contributed by atoms with Crippen molar-refractivity contribution in [2.24, 2.45) is 0 Å². The van der Waals surface area contributed by atoms with Gasteiger partial charge in [0, 0.05) is 36.2 Å². The smallest absolute Gasteiger partial charge is 0.128 e. The maximum atomic E-state index is 13.7. The number of ether oxygens (including phenoxy) is 1. The fraction of sp³-hybridized carbons (Fsp3) is 0.538. The number of hydrogen-bond donors (Lipinski definition) is 1. The van der Waals surface area contributed by atoms with Gasteiger partial charge in [-0.15, -0.1) is 0 Å². The van der Waals surface area contributed by atoms with Crippen molar-refractivity contribution in [1.82, 2.24) is 10.2 Å². The summed E-state index contributed by atoms with van der Waals surface area (Å²) in [6, 6.07) is 5.18. The number of hydrogen-bond acceptors (Lipinski definition) is 3. The Hall–Kier alpha value is -0.490. The quantitative estimate of drug-likeness (QED) is 0.919. The van der Waals surface area contributed by atoms with E-state index in [1.165, 1.54) is 6.07 Å². The molecule has 0 saturated carbocycles. The number of rotatable bonds is 4. The van der Waals surface area contributed by atoms with Gasteiger partial charge in [-0.25, -0.2) is 4.39 Å². The third-order valence-electron chi connectivity index (χ3n) is 2.98. The molecule has 1 aromatic carbocycles. The van der Waals surface area contributed by atoms with Crippen LogP contribution in [0.25, 0.3) is 0 Å². The molecule has 0 amide bonds. The second kappa shape index (κ2) is 6.61. The molecular formula is C13H18BrFN2O. The van der Waals surface area contributed by atoms with Gasteiger partial charge in [0.15, 0.2) is 0 Å². The molecule has 18 heavy (non-hydrogen) atoms. The van der Waals surface area contributed by atoms with Crippen LogP contribution in [-0.4, -0.2) is 44.3 Å². The van der Waals surface area contributed by atoms with Crippen molar-refractivity contribution >= 4 is 15.9 Å². The summed E-state index contributed by atoms with van der Waals surface area (Å²) in [6.45, 7) is 3.95. The fourth-order valence-electron chi connectivity index (χ4n) is 2.09. The average Bonchev–Trinajstić information content (AvgIpc) is 2.34. The van der Waals surface area contributed by atoms with Gasteiger partial charge < -0.3 is 10.1 Å². The molecule has 1 unspecified atom stereocenters. The van der Waals surface area contributed by atoms with Gasteiger partial charge >= 0.3 is 0 Å². The molecule has 0 aliphatic carbocycles. The van der Waals surface area contributed by atoms with Gasteiger partial charge in [0.05, 0.1) is 12.7 Å². The van der Waals surface area contributed by atoms with E-state index in [2.05, 4.69) is 26.1 Å². The van der Waals surface area contributed by atoms with Crippen LogP contribution in [0.15, 0.2) is 22.7 Å². The number of nitrogens with one attached hydrogen (secondary N) is 1. The molecule has 5 heteroatoms. The summed E-state index contributed by atoms with van der Waals surface area (Å²) in [7, 11) is 1.99. The Labute approximate surface area is 115 Å². The standard InChI is InChI=1S/C13H18BrFN2O/c1-17(9-12-7-16-4-5-18-12)8-10-2-3-11(14)6-13(10)15/h2-3,6,12,16H,4-5,7-9H2,1H3. The van der Waals surface area contributed by atoms with Gasteiger partial charge in [-0.05, 0) is 19.2 Å². The topological polar surface area (TPSA) is 24.5 Å². The minimum absolute atomic E-state index is 0.168. The molecule has 3 nitrogen and oxygen atoms in total. The summed E-state index contributed by atoms with van der Waals surface area (Å²) in [4.78, 5) is 2.09. The highest BCUT2D eigenvalue weighted by Gasteiger charge is 2.16. The van der Waals surface area contributed by atoms with Gasteiger partial charge in [0.2, 0.25) is 0 Å². The number of likely N-dealkylation sites (N-methyl/N-ethyl adjacent to an activating group) is 1. The van der Waals surface area contributed by atoms with Crippen molar-refractivity contribution in [3.8, 4) is 0 Å². The fourth-order valence-corrected chi connectivity index (χ4v) is 2.42. The lowest BCUT2D eigenvalue weighted by molar-refractivity contribution is 0.00870. The first-order valence-corrected chi connectivity index (χ1v) is 6.89. The Bertz CT molecular complexity index is 397. The first-order chi connectivity index (χ1) is 8.65. The van der Waals surface area contributed by atoms with E-state index in [0.717, 1.165) is 30.7 Å². The number of halogens is 2. The lowest BCUT2D eigenvalue weighted by atomic mass is 10.2. The molecule has 100 valence electrons. The van der Waals surface area contributed by atoms with Crippen LogP contribution in [0.1, 0.15) is 5.56 Å². The summed E-state index contributed by atoms with van der Waals surface area (Å²) in [5.41, 5.74) is 0.712. The summed E-state index contributed by atoms with van der Waals surface area (Å²) in [6.07, 6.45) is 0.197. The van der Waals surface area contributed by atoms with Crippen LogP contribution in [0.3, 0.4) is 0 Å². The van der Waals surface area contributed by atoms with Crippen molar-refractivity contribution in [2.75, 3.05) is 33.3 Å². The second-order valence-electron chi connectivity index (χ2n) is 4.63. The van der Waals surface area contributed by atoms with E-state index in [1.807, 2.05) is 19.2 Å². The maximum absolute atomic E-state index is 13.7. The average molecular weight is 317 g/mol. The zero-order chi connectivity index (χ0) is 13.0. The highest BCUT2D eigenvalue weighted by Crippen LogP contribution is 2.16. The molecular weight excluding hydrogens is 299 g/mol. The van der Waals surface area contributed by atoms with E-state index in [9.17, 15) is 4.39 Å². The van der Waals surface area contributed by atoms with Gasteiger partial charge in [0.1, 0.15) is 5.82 Å². The molecule has 1 atom stereocenters. The predicted molar refractivity (Wildman–Crippen MR) is 73.0 cm³/mol. The molecule has 0 radical (unpaired) electrons. The molecule has 1 aliphatic rings. The first kappa shape index (κ1) is 13.9. The Kier molecular flexibility index (Phi) is 5.12. The van der Waals surface area contributed by atoms with Gasteiger partial charge in [0.25, 0.3) is 0 Å². The molecule has 1 aromatic rings. The van der Waals surface area contributed by atoms with Gasteiger partial charge in [-0.3, -0.25) is 4.90 Å². The molecule has 1 aliphatic heterocycles. The number of morpholine rings is 1. The Morgan fingerprint density at radius 1 is 1.56 bits per heavy atom. The monoisotopic (exact) mass is 316 g/mol. The highest BCUT2D eigenvalue weighted by molar-refractivity contribution is 9.10. The lowest BCUT2D eigenvalue weighted by Crippen LogP contribution is -2.44. The molecule has 0 spiro atoms. The van der Waals surface area contributed by atoms with Crippen LogP contribution in [0.4, 0.5) is 4.39 Å². The summed E-state index contributed by atoms with van der Waals surface area (Å²) >= 11 is 3.26. The third kappa shape index (κ3) is 4.02. The molecule has 1 N–H and O–H groups in total. The van der Waals surface area contributed by atoms with Crippen LogP contribution in [-0.2, 0) is 11.3 Å². The van der Waals surface area contributed by atoms with E-state index in [4.69, 9.17) is 4.74 Å². The Morgan fingerprint density at radius 2 is 2.39 bits per heavy atom. The molecule has 1 heterocycles. The summed E-state index contributed by atoms with van der Waals surface area (Å²) < 4.78 is 20.1. The molecule has 1 fully saturated rings. The van der Waals surface area contributed by atoms with E-state index in [0.29, 0.717) is 12.1 Å². The van der Waals surface area contributed by atoms with Crippen LogP contribution >= 0.6 is 15.9 Å². The third-order valence-corrected chi connectivity index (χ3v) is 3.47. The Balaban J connectivity index is 1.87. The molecule has 1 saturated heterocycles. The Morgan fingerprint density at radius 3 is 3.06 bits per heavy atom. The van der Waals surface area contributed by atoms with Gasteiger partial charge in [-0.1, -0.05) is 22.0 Å². The van der Waals surface area contributed by atoms with Crippen molar-refractivity contribution in [1.29, 1.82) is 0 Å². The van der Waals surface area contributed by atoms with Crippen LogP contribution in [0.5, 0.6) is 0 Å². The lowest BCUT2D eigenvalue weighted by Gasteiger charge is -2.28. The van der Waals surface area contributed by atoms with Crippen LogP contribution in [0, 0.1) is 5.82 Å². The summed E-state index contributed by atoms with van der Waals surface area (Å²) in [5, 5.41) is 3.29. The second-order valence-corrected chi connectivity index (χ2v) is 5.55. The molecule has 0 bridgehead atoms. The highest BCUT2D eigenvalue weighted by atomic mass is 79.9. The van der Waals surface area contributed by atoms with Crippen molar-refractivity contribution in [2.45, 2.75) is 12.6 Å². The number of nitrogens with zero attached hydrogens (tertiary/aromatic N) is 1. The zero-order valence-corrected chi connectivity index (χ0v) is 12.0. The van der Waals surface area contributed by atoms with E-state index < -0.39 is 0 Å². The van der Waals surface area contributed by atoms with Crippen LogP contribution < -0.4 is 5.32 Å². The van der Waals surface area contributed by atoms with E-state index in [1.54, 1.807) is 0 Å². The van der Waals surface area contributed by atoms with Gasteiger partial charge in [-0.2, -0.15) is 0 Å². The number of benzene rings is 1. The minimum Gasteiger partial charge on any atom is -0.374 e. The first-order valence-electron chi connectivity index (χ1n) is 6.10. The van der Waals surface area contributed by atoms with Crippen LogP contribution in [0.2, 0.25) is 0 Å². The van der Waals surface area contributed by atoms with Crippen molar-refractivity contribution < 1.29 is 9.13 Å². The SMILES string of the molecule is CN(Cc1ccc(Br)cc1F)CC1CNCCO1. The normalized spacial score (nSPS) is 20.3. The van der Waals surface area contributed by atoms with E-state index in [-0.39, 0.29) is 11.9 Å².